The predicted octanol–water partition coefficient (Wildman–Crippen LogP) is 0.944. The van der Waals surface area contributed by atoms with E-state index in [-0.39, 0.29) is 18.9 Å². The van der Waals surface area contributed by atoms with Gasteiger partial charge in [0.1, 0.15) is 18.4 Å². The number of rotatable bonds is 6. The normalized spacial score (nSPS) is 19.9. The maximum atomic E-state index is 12.1. The molecular weight excluding hydrogens is 282 g/mol. The molecule has 1 N–H and O–H groups in total. The van der Waals surface area contributed by atoms with Crippen molar-refractivity contribution in [2.24, 2.45) is 0 Å². The minimum atomic E-state index is -3.60. The molecule has 6 nitrogen and oxygen atoms in total. The predicted molar refractivity (Wildman–Crippen MR) is 73.1 cm³/mol. The van der Waals surface area contributed by atoms with E-state index < -0.39 is 22.0 Å². The first kappa shape index (κ1) is 14.8. The first-order valence-electron chi connectivity index (χ1n) is 6.41. The molecule has 2 rings (SSSR count). The van der Waals surface area contributed by atoms with Crippen LogP contribution in [0.1, 0.15) is 12.8 Å². The van der Waals surface area contributed by atoms with Crippen molar-refractivity contribution in [2.45, 2.75) is 18.9 Å². The summed E-state index contributed by atoms with van der Waals surface area (Å²) in [5.41, 5.74) is 0. The monoisotopic (exact) mass is 299 g/mol. The third kappa shape index (κ3) is 3.49. The third-order valence-corrected chi connectivity index (χ3v) is 5.03. The van der Waals surface area contributed by atoms with E-state index in [0.29, 0.717) is 18.6 Å². The fraction of sp³-hybridized carbons (Fsp3) is 0.462. The Bertz CT molecular complexity index is 557. The molecule has 1 heterocycles. The fourth-order valence-corrected chi connectivity index (χ4v) is 3.74. The van der Waals surface area contributed by atoms with E-state index >= 15 is 0 Å². The van der Waals surface area contributed by atoms with Gasteiger partial charge in [-0.15, -0.1) is 0 Å². The molecule has 1 aliphatic heterocycles. The SMILES string of the molecule is O=C(O)[C@H]1CCCN1S(=O)(=O)CCOc1ccccc1. The minimum absolute atomic E-state index is 0.00911. The van der Waals surface area contributed by atoms with Crippen LogP contribution >= 0.6 is 0 Å². The van der Waals surface area contributed by atoms with Crippen molar-refractivity contribution in [1.82, 2.24) is 4.31 Å². The number of benzene rings is 1. The summed E-state index contributed by atoms with van der Waals surface area (Å²) < 4.78 is 30.7. The molecule has 0 amide bonds. The standard InChI is InChI=1S/C13H17NO5S/c15-13(16)12-7-4-8-14(12)20(17,18)10-9-19-11-5-2-1-3-6-11/h1-3,5-6,12H,4,7-10H2,(H,15,16)/t12-/m1/s1. The van der Waals surface area contributed by atoms with Crippen LogP contribution in [0, 0.1) is 0 Å². The lowest BCUT2D eigenvalue weighted by atomic mass is 10.2. The number of para-hydroxylation sites is 1. The van der Waals surface area contributed by atoms with E-state index in [9.17, 15) is 13.2 Å². The molecule has 0 aliphatic carbocycles. The summed E-state index contributed by atoms with van der Waals surface area (Å²) in [5.74, 6) is -0.708. The van der Waals surface area contributed by atoms with Crippen LogP contribution in [-0.4, -0.2) is 48.7 Å². The molecule has 7 heteroatoms. The van der Waals surface area contributed by atoms with Gasteiger partial charge >= 0.3 is 5.97 Å². The molecule has 0 bridgehead atoms. The van der Waals surface area contributed by atoms with Gasteiger partial charge < -0.3 is 9.84 Å². The molecule has 1 atom stereocenters. The maximum absolute atomic E-state index is 12.1. The lowest BCUT2D eigenvalue weighted by molar-refractivity contribution is -0.140. The van der Waals surface area contributed by atoms with Gasteiger partial charge in [0.15, 0.2) is 0 Å². The van der Waals surface area contributed by atoms with Gasteiger partial charge in [-0.3, -0.25) is 4.79 Å². The Kier molecular flexibility index (Phi) is 4.61. The van der Waals surface area contributed by atoms with Gasteiger partial charge in [-0.1, -0.05) is 18.2 Å². The fourth-order valence-electron chi connectivity index (χ4n) is 2.22. The summed E-state index contributed by atoms with van der Waals surface area (Å²) in [6.45, 7) is 0.278. The number of nitrogens with zero attached hydrogens (tertiary/aromatic N) is 1. The summed E-state index contributed by atoms with van der Waals surface area (Å²) in [4.78, 5) is 11.0. The van der Waals surface area contributed by atoms with Crippen molar-refractivity contribution in [3.8, 4) is 5.75 Å². The van der Waals surface area contributed by atoms with Gasteiger partial charge in [-0.05, 0) is 25.0 Å². The smallest absolute Gasteiger partial charge is 0.322 e. The van der Waals surface area contributed by atoms with E-state index in [1.165, 1.54) is 0 Å². The molecule has 1 fully saturated rings. The van der Waals surface area contributed by atoms with E-state index in [0.717, 1.165) is 4.31 Å². The van der Waals surface area contributed by atoms with E-state index in [4.69, 9.17) is 9.84 Å². The largest absolute Gasteiger partial charge is 0.492 e. The highest BCUT2D eigenvalue weighted by Gasteiger charge is 2.38. The van der Waals surface area contributed by atoms with Gasteiger partial charge in [0.2, 0.25) is 10.0 Å². The molecule has 1 aromatic carbocycles. The van der Waals surface area contributed by atoms with Gasteiger partial charge in [-0.2, -0.15) is 4.31 Å². The zero-order valence-electron chi connectivity index (χ0n) is 10.9. The van der Waals surface area contributed by atoms with Crippen LogP contribution in [0.4, 0.5) is 0 Å². The Balaban J connectivity index is 1.92. The van der Waals surface area contributed by atoms with Gasteiger partial charge in [0.05, 0.1) is 5.75 Å². The molecule has 0 aromatic heterocycles. The van der Waals surface area contributed by atoms with Crippen LogP contribution in [0.15, 0.2) is 30.3 Å². The lowest BCUT2D eigenvalue weighted by Gasteiger charge is -2.20. The first-order chi connectivity index (χ1) is 9.50. The van der Waals surface area contributed by atoms with Crippen LogP contribution in [0.25, 0.3) is 0 Å². The topological polar surface area (TPSA) is 83.9 Å². The quantitative estimate of drug-likeness (QED) is 0.845. The van der Waals surface area contributed by atoms with Crippen molar-refractivity contribution >= 4 is 16.0 Å². The second kappa shape index (κ2) is 6.23. The summed E-state index contributed by atoms with van der Waals surface area (Å²) in [7, 11) is -3.60. The van der Waals surface area contributed by atoms with Gasteiger partial charge in [0.25, 0.3) is 0 Å². The summed E-state index contributed by atoms with van der Waals surface area (Å²) >= 11 is 0. The second-order valence-corrected chi connectivity index (χ2v) is 6.63. The third-order valence-electron chi connectivity index (χ3n) is 3.20. The molecule has 1 aromatic rings. The summed E-state index contributed by atoms with van der Waals surface area (Å²) in [6, 6.07) is 7.98. The van der Waals surface area contributed by atoms with Crippen molar-refractivity contribution in [3.63, 3.8) is 0 Å². The maximum Gasteiger partial charge on any atom is 0.322 e. The molecule has 0 saturated carbocycles. The highest BCUT2D eigenvalue weighted by atomic mass is 32.2. The van der Waals surface area contributed by atoms with Gasteiger partial charge in [0, 0.05) is 6.54 Å². The molecule has 1 aliphatic rings. The number of carboxylic acid groups (broad SMARTS) is 1. The Labute approximate surface area is 118 Å². The summed E-state index contributed by atoms with van der Waals surface area (Å²) in [6.07, 6.45) is 0.948. The number of carboxylic acids is 1. The van der Waals surface area contributed by atoms with Gasteiger partial charge in [-0.25, -0.2) is 8.42 Å². The van der Waals surface area contributed by atoms with Crippen LogP contribution in [0.2, 0.25) is 0 Å². The Hall–Kier alpha value is -1.60. The Morgan fingerprint density at radius 1 is 1.35 bits per heavy atom. The lowest BCUT2D eigenvalue weighted by Crippen LogP contribution is -2.42. The van der Waals surface area contributed by atoms with Crippen LogP contribution < -0.4 is 4.74 Å². The number of hydrogen-bond acceptors (Lipinski definition) is 4. The average Bonchev–Trinajstić information content (AvgIpc) is 2.90. The van der Waals surface area contributed by atoms with Crippen molar-refractivity contribution < 1.29 is 23.1 Å². The molecule has 0 spiro atoms. The average molecular weight is 299 g/mol. The Morgan fingerprint density at radius 3 is 2.70 bits per heavy atom. The summed E-state index contributed by atoms with van der Waals surface area (Å²) in [5, 5.41) is 9.01. The molecule has 0 radical (unpaired) electrons. The van der Waals surface area contributed by atoms with E-state index in [1.54, 1.807) is 24.3 Å². The molecular formula is C13H17NO5S. The number of hydrogen-bond donors (Lipinski definition) is 1. The first-order valence-corrected chi connectivity index (χ1v) is 8.02. The van der Waals surface area contributed by atoms with Crippen LogP contribution in [0.3, 0.4) is 0 Å². The minimum Gasteiger partial charge on any atom is -0.492 e. The number of sulfonamides is 1. The van der Waals surface area contributed by atoms with Crippen LogP contribution in [0.5, 0.6) is 5.75 Å². The zero-order valence-corrected chi connectivity index (χ0v) is 11.8. The second-order valence-electron chi connectivity index (χ2n) is 4.58. The van der Waals surface area contributed by atoms with Crippen molar-refractivity contribution in [2.75, 3.05) is 18.9 Å². The number of aliphatic carboxylic acids is 1. The van der Waals surface area contributed by atoms with Crippen molar-refractivity contribution in [3.05, 3.63) is 30.3 Å². The van der Waals surface area contributed by atoms with E-state index in [2.05, 4.69) is 0 Å². The number of ether oxygens (including phenoxy) is 1. The highest BCUT2D eigenvalue weighted by molar-refractivity contribution is 7.89. The molecule has 110 valence electrons. The Morgan fingerprint density at radius 2 is 2.05 bits per heavy atom. The highest BCUT2D eigenvalue weighted by Crippen LogP contribution is 2.21. The van der Waals surface area contributed by atoms with E-state index in [1.807, 2.05) is 6.07 Å². The zero-order chi connectivity index (χ0) is 14.6. The molecule has 0 unspecified atom stereocenters. The number of carbonyl (C=O) groups is 1. The molecule has 20 heavy (non-hydrogen) atoms. The van der Waals surface area contributed by atoms with Crippen LogP contribution in [-0.2, 0) is 14.8 Å². The molecule has 1 saturated heterocycles. The van der Waals surface area contributed by atoms with Crippen molar-refractivity contribution in [1.29, 1.82) is 0 Å².